The molecule has 0 spiro atoms. The first-order valence-corrected chi connectivity index (χ1v) is 5.27. The van der Waals surface area contributed by atoms with Crippen molar-refractivity contribution >= 4 is 5.91 Å². The summed E-state index contributed by atoms with van der Waals surface area (Å²) in [6, 6.07) is 1.32. The Hall–Kier alpha value is -0.570. The number of nitrogens with zero attached hydrogens (tertiary/aromatic N) is 1. The quantitative estimate of drug-likeness (QED) is 0.683. The number of carbonyl (C=O) groups is 1. The van der Waals surface area contributed by atoms with Gasteiger partial charge in [-0.1, -0.05) is 0 Å². The predicted molar refractivity (Wildman–Crippen MR) is 51.4 cm³/mol. The van der Waals surface area contributed by atoms with Crippen LogP contribution in [0.2, 0.25) is 0 Å². The summed E-state index contributed by atoms with van der Waals surface area (Å²) >= 11 is 0. The standard InChI is InChI=1S/C10H18N2O/c1-8(13)12-6-2-3-10(7-12)11-9-4-5-9/h9-11H,2-7H2,1H3. The summed E-state index contributed by atoms with van der Waals surface area (Å²) in [5.41, 5.74) is 0. The minimum absolute atomic E-state index is 0.224. The number of nitrogens with one attached hydrogen (secondary N) is 1. The van der Waals surface area contributed by atoms with Gasteiger partial charge >= 0.3 is 0 Å². The highest BCUT2D eigenvalue weighted by Crippen LogP contribution is 2.21. The van der Waals surface area contributed by atoms with Gasteiger partial charge in [-0.3, -0.25) is 4.79 Å². The summed E-state index contributed by atoms with van der Waals surface area (Å²) in [4.78, 5) is 13.1. The van der Waals surface area contributed by atoms with E-state index in [4.69, 9.17) is 0 Å². The van der Waals surface area contributed by atoms with E-state index in [-0.39, 0.29) is 5.91 Å². The molecule has 1 aliphatic carbocycles. The monoisotopic (exact) mass is 182 g/mol. The van der Waals surface area contributed by atoms with E-state index < -0.39 is 0 Å². The van der Waals surface area contributed by atoms with E-state index in [0.717, 1.165) is 25.6 Å². The van der Waals surface area contributed by atoms with Crippen LogP contribution in [0.1, 0.15) is 32.6 Å². The molecule has 13 heavy (non-hydrogen) atoms. The van der Waals surface area contributed by atoms with Crippen LogP contribution in [0.3, 0.4) is 0 Å². The molecule has 3 heteroatoms. The third-order valence-electron chi connectivity index (χ3n) is 2.92. The molecule has 1 unspecified atom stereocenters. The number of likely N-dealkylation sites (tertiary alicyclic amines) is 1. The van der Waals surface area contributed by atoms with Crippen molar-refractivity contribution in [2.24, 2.45) is 0 Å². The van der Waals surface area contributed by atoms with Gasteiger partial charge in [0, 0.05) is 32.1 Å². The summed E-state index contributed by atoms with van der Waals surface area (Å²) < 4.78 is 0. The highest BCUT2D eigenvalue weighted by molar-refractivity contribution is 5.73. The number of rotatable bonds is 2. The van der Waals surface area contributed by atoms with Crippen LogP contribution in [0.25, 0.3) is 0 Å². The van der Waals surface area contributed by atoms with Gasteiger partial charge in [-0.05, 0) is 25.7 Å². The topological polar surface area (TPSA) is 32.3 Å². The molecule has 1 saturated heterocycles. The smallest absolute Gasteiger partial charge is 0.219 e. The Kier molecular flexibility index (Phi) is 2.54. The van der Waals surface area contributed by atoms with Crippen LogP contribution >= 0.6 is 0 Å². The maximum absolute atomic E-state index is 11.1. The molecule has 1 N–H and O–H groups in total. The summed E-state index contributed by atoms with van der Waals surface area (Å²) in [6.07, 6.45) is 5.05. The average Bonchev–Trinajstić information content (AvgIpc) is 2.89. The van der Waals surface area contributed by atoms with Gasteiger partial charge in [-0.25, -0.2) is 0 Å². The van der Waals surface area contributed by atoms with Crippen LogP contribution in [0.4, 0.5) is 0 Å². The highest BCUT2D eigenvalue weighted by Gasteiger charge is 2.28. The van der Waals surface area contributed by atoms with Crippen molar-refractivity contribution in [1.82, 2.24) is 10.2 Å². The lowest BCUT2D eigenvalue weighted by Gasteiger charge is -2.32. The van der Waals surface area contributed by atoms with Crippen LogP contribution in [-0.2, 0) is 4.79 Å². The fraction of sp³-hybridized carbons (Fsp3) is 0.900. The van der Waals surface area contributed by atoms with Crippen LogP contribution in [-0.4, -0.2) is 36.0 Å². The normalized spacial score (nSPS) is 29.0. The number of piperidine rings is 1. The molecule has 0 aromatic rings. The van der Waals surface area contributed by atoms with Gasteiger partial charge in [0.2, 0.25) is 5.91 Å². The molecule has 1 aliphatic heterocycles. The Morgan fingerprint density at radius 2 is 2.08 bits per heavy atom. The third-order valence-corrected chi connectivity index (χ3v) is 2.92. The molecule has 0 aromatic heterocycles. The van der Waals surface area contributed by atoms with Crippen LogP contribution in [0.15, 0.2) is 0 Å². The second kappa shape index (κ2) is 3.66. The van der Waals surface area contributed by atoms with Crippen LogP contribution in [0, 0.1) is 0 Å². The van der Waals surface area contributed by atoms with Gasteiger partial charge in [-0.2, -0.15) is 0 Å². The molecule has 3 nitrogen and oxygen atoms in total. The van der Waals surface area contributed by atoms with E-state index in [0.29, 0.717) is 6.04 Å². The van der Waals surface area contributed by atoms with Crippen molar-refractivity contribution < 1.29 is 4.79 Å². The molecule has 0 radical (unpaired) electrons. The Balaban J connectivity index is 1.80. The van der Waals surface area contributed by atoms with Crippen molar-refractivity contribution in [3.05, 3.63) is 0 Å². The van der Waals surface area contributed by atoms with Crippen LogP contribution < -0.4 is 5.32 Å². The lowest BCUT2D eigenvalue weighted by molar-refractivity contribution is -0.130. The zero-order chi connectivity index (χ0) is 9.26. The zero-order valence-corrected chi connectivity index (χ0v) is 8.25. The Labute approximate surface area is 79.5 Å². The van der Waals surface area contributed by atoms with Crippen molar-refractivity contribution in [3.63, 3.8) is 0 Å². The maximum atomic E-state index is 11.1. The second-order valence-corrected chi connectivity index (χ2v) is 4.25. The predicted octanol–water partition coefficient (Wildman–Crippen LogP) is 0.749. The molecular weight excluding hydrogens is 164 g/mol. The van der Waals surface area contributed by atoms with Gasteiger partial charge in [0.1, 0.15) is 0 Å². The zero-order valence-electron chi connectivity index (χ0n) is 8.25. The van der Waals surface area contributed by atoms with Crippen LogP contribution in [0.5, 0.6) is 0 Å². The largest absolute Gasteiger partial charge is 0.341 e. The molecule has 1 atom stereocenters. The molecule has 2 aliphatic rings. The fourth-order valence-corrected chi connectivity index (χ4v) is 1.98. The first-order chi connectivity index (χ1) is 6.25. The third kappa shape index (κ3) is 2.44. The van der Waals surface area contributed by atoms with Crippen molar-refractivity contribution in [1.29, 1.82) is 0 Å². The van der Waals surface area contributed by atoms with E-state index in [1.165, 1.54) is 19.3 Å². The van der Waals surface area contributed by atoms with E-state index in [9.17, 15) is 4.79 Å². The van der Waals surface area contributed by atoms with Gasteiger partial charge in [0.25, 0.3) is 0 Å². The van der Waals surface area contributed by atoms with Gasteiger partial charge < -0.3 is 10.2 Å². The molecule has 2 fully saturated rings. The molecule has 74 valence electrons. The Morgan fingerprint density at radius 1 is 1.31 bits per heavy atom. The van der Waals surface area contributed by atoms with Crippen molar-refractivity contribution in [3.8, 4) is 0 Å². The van der Waals surface area contributed by atoms with Gasteiger partial charge in [-0.15, -0.1) is 0 Å². The number of carbonyl (C=O) groups excluding carboxylic acids is 1. The number of amides is 1. The van der Waals surface area contributed by atoms with Crippen molar-refractivity contribution in [2.45, 2.75) is 44.7 Å². The minimum atomic E-state index is 0.224. The highest BCUT2D eigenvalue weighted by atomic mass is 16.2. The summed E-state index contributed by atoms with van der Waals surface area (Å²) in [5.74, 6) is 0.224. The molecule has 0 bridgehead atoms. The lowest BCUT2D eigenvalue weighted by atomic mass is 10.1. The Bertz CT molecular complexity index is 201. The van der Waals surface area contributed by atoms with Crippen molar-refractivity contribution in [2.75, 3.05) is 13.1 Å². The summed E-state index contributed by atoms with van der Waals surface area (Å²) in [7, 11) is 0. The number of hydrogen-bond acceptors (Lipinski definition) is 2. The first kappa shape index (κ1) is 9.00. The SMILES string of the molecule is CC(=O)N1CCCC(NC2CC2)C1. The van der Waals surface area contributed by atoms with Gasteiger partial charge in [0.15, 0.2) is 0 Å². The summed E-state index contributed by atoms with van der Waals surface area (Å²) in [6.45, 7) is 3.55. The molecule has 2 rings (SSSR count). The average molecular weight is 182 g/mol. The molecular formula is C10H18N2O. The molecule has 0 aromatic carbocycles. The maximum Gasteiger partial charge on any atom is 0.219 e. The summed E-state index contributed by atoms with van der Waals surface area (Å²) in [5, 5.41) is 3.58. The lowest BCUT2D eigenvalue weighted by Crippen LogP contribution is -2.47. The fourth-order valence-electron chi connectivity index (χ4n) is 1.98. The minimum Gasteiger partial charge on any atom is -0.341 e. The molecule has 1 amide bonds. The Morgan fingerprint density at radius 3 is 2.69 bits per heavy atom. The second-order valence-electron chi connectivity index (χ2n) is 4.25. The van der Waals surface area contributed by atoms with E-state index in [1.807, 2.05) is 4.90 Å². The van der Waals surface area contributed by atoms with E-state index in [2.05, 4.69) is 5.32 Å². The molecule has 1 saturated carbocycles. The van der Waals surface area contributed by atoms with E-state index >= 15 is 0 Å². The first-order valence-electron chi connectivity index (χ1n) is 5.27. The molecule has 1 heterocycles. The van der Waals surface area contributed by atoms with Gasteiger partial charge in [0.05, 0.1) is 0 Å². The number of hydrogen-bond donors (Lipinski definition) is 1. The van der Waals surface area contributed by atoms with E-state index in [1.54, 1.807) is 6.92 Å².